The van der Waals surface area contributed by atoms with Crippen molar-refractivity contribution in [2.24, 2.45) is 0 Å². The first kappa shape index (κ1) is 11.9. The summed E-state index contributed by atoms with van der Waals surface area (Å²) in [6, 6.07) is 0. The van der Waals surface area contributed by atoms with Gasteiger partial charge in [0.1, 0.15) is 9.92 Å². The van der Waals surface area contributed by atoms with Crippen molar-refractivity contribution in [1.82, 2.24) is 4.31 Å². The van der Waals surface area contributed by atoms with Crippen LogP contribution in [0.4, 0.5) is 0 Å². The summed E-state index contributed by atoms with van der Waals surface area (Å²) in [7, 11) is -5.86. The molecule has 1 aliphatic heterocycles. The summed E-state index contributed by atoms with van der Waals surface area (Å²) < 4.78 is 43.5. The van der Waals surface area contributed by atoms with Gasteiger partial charge in [-0.15, -0.1) is 0 Å². The highest BCUT2D eigenvalue weighted by atomic mass is 32.2. The van der Waals surface area contributed by atoms with Crippen molar-refractivity contribution in [2.45, 2.75) is 24.3 Å². The van der Waals surface area contributed by atoms with Crippen LogP contribution in [0.15, 0.2) is 0 Å². The lowest BCUT2D eigenvalue weighted by Crippen LogP contribution is -2.51. The molecule has 1 fully saturated rings. The minimum atomic E-state index is -3.08. The van der Waals surface area contributed by atoms with E-state index in [1.807, 2.05) is 0 Å². The summed E-state index contributed by atoms with van der Waals surface area (Å²) in [5.74, 6) is 0. The molecule has 0 amide bonds. The van der Waals surface area contributed by atoms with Crippen LogP contribution in [-0.4, -0.2) is 46.8 Å². The molecule has 0 aromatic rings. The fourth-order valence-corrected chi connectivity index (χ4v) is 4.31. The summed E-state index contributed by atoms with van der Waals surface area (Å²) in [6.07, 6.45) is 1.32. The molecular formula is C7H16N2O3S2. The third-order valence-electron chi connectivity index (χ3n) is 2.54. The fourth-order valence-electron chi connectivity index (χ4n) is 1.54. The van der Waals surface area contributed by atoms with Crippen LogP contribution in [0.1, 0.15) is 13.8 Å². The van der Waals surface area contributed by atoms with Gasteiger partial charge in [0, 0.05) is 19.3 Å². The van der Waals surface area contributed by atoms with Crippen molar-refractivity contribution in [3.05, 3.63) is 0 Å². The lowest BCUT2D eigenvalue weighted by molar-refractivity contribution is 0.405. The molecule has 0 bridgehead atoms. The van der Waals surface area contributed by atoms with E-state index < -0.39 is 30.3 Å². The highest BCUT2D eigenvalue weighted by molar-refractivity contribution is 7.93. The van der Waals surface area contributed by atoms with Gasteiger partial charge in [-0.05, 0) is 13.8 Å². The Balaban J connectivity index is 2.98. The van der Waals surface area contributed by atoms with E-state index in [9.17, 15) is 12.6 Å². The van der Waals surface area contributed by atoms with Crippen LogP contribution in [0.5, 0.6) is 0 Å². The van der Waals surface area contributed by atoms with Crippen molar-refractivity contribution < 1.29 is 12.6 Å². The van der Waals surface area contributed by atoms with Gasteiger partial charge in [0.25, 0.3) is 0 Å². The molecular weight excluding hydrogens is 224 g/mol. The molecule has 1 rings (SSSR count). The van der Waals surface area contributed by atoms with E-state index in [1.165, 1.54) is 10.6 Å². The monoisotopic (exact) mass is 240 g/mol. The standard InChI is InChI=1S/C7H16N2O3S2/c1-6-4-9(13(3,8)10)5-7(2)14(6,11)12/h6-8H,4-5H2,1-3H3. The van der Waals surface area contributed by atoms with Gasteiger partial charge in [0.15, 0.2) is 9.84 Å². The molecule has 0 spiro atoms. The predicted molar refractivity (Wildman–Crippen MR) is 56.2 cm³/mol. The van der Waals surface area contributed by atoms with E-state index in [2.05, 4.69) is 0 Å². The van der Waals surface area contributed by atoms with Crippen molar-refractivity contribution in [3.63, 3.8) is 0 Å². The number of hydrogen-bond donors (Lipinski definition) is 1. The lowest BCUT2D eigenvalue weighted by atomic mass is 10.4. The SMILES string of the molecule is CC1CN(S(C)(=N)=O)CC(C)S1(=O)=O. The van der Waals surface area contributed by atoms with Crippen LogP contribution >= 0.6 is 0 Å². The minimum absolute atomic E-state index is 0.200. The van der Waals surface area contributed by atoms with Gasteiger partial charge in [-0.1, -0.05) is 0 Å². The summed E-state index contributed by atoms with van der Waals surface area (Å²) >= 11 is 0. The second kappa shape index (κ2) is 3.46. The molecule has 0 radical (unpaired) electrons. The molecule has 1 aliphatic rings. The summed E-state index contributed by atoms with van der Waals surface area (Å²) in [6.45, 7) is 3.60. The molecule has 0 saturated carbocycles. The van der Waals surface area contributed by atoms with E-state index in [4.69, 9.17) is 4.78 Å². The molecule has 84 valence electrons. The molecule has 1 N–H and O–H groups in total. The Labute approximate surface area is 85.5 Å². The van der Waals surface area contributed by atoms with Crippen LogP contribution in [0.3, 0.4) is 0 Å². The summed E-state index contributed by atoms with van der Waals surface area (Å²) in [5.41, 5.74) is 0. The number of rotatable bonds is 1. The van der Waals surface area contributed by atoms with Crippen LogP contribution < -0.4 is 0 Å². The predicted octanol–water partition coefficient (Wildman–Crippen LogP) is 0.0854. The maximum atomic E-state index is 11.6. The first-order chi connectivity index (χ1) is 6.15. The molecule has 3 atom stereocenters. The second-order valence-electron chi connectivity index (χ2n) is 3.86. The minimum Gasteiger partial charge on any atom is -0.240 e. The third-order valence-corrected chi connectivity index (χ3v) is 6.36. The Morgan fingerprint density at radius 1 is 1.29 bits per heavy atom. The van der Waals surface area contributed by atoms with Gasteiger partial charge in [0.05, 0.1) is 10.5 Å². The first-order valence-corrected chi connectivity index (χ1v) is 7.90. The highest BCUT2D eigenvalue weighted by Crippen LogP contribution is 2.20. The molecule has 7 heteroatoms. The Morgan fingerprint density at radius 3 is 1.93 bits per heavy atom. The van der Waals surface area contributed by atoms with Crippen LogP contribution in [0.25, 0.3) is 0 Å². The maximum absolute atomic E-state index is 11.6. The van der Waals surface area contributed by atoms with Crippen molar-refractivity contribution >= 4 is 19.8 Å². The smallest absolute Gasteiger partial charge is 0.158 e. The van der Waals surface area contributed by atoms with Crippen LogP contribution in [0, 0.1) is 4.78 Å². The number of sulfone groups is 1. The van der Waals surface area contributed by atoms with Gasteiger partial charge < -0.3 is 0 Å². The zero-order valence-corrected chi connectivity index (χ0v) is 10.2. The van der Waals surface area contributed by atoms with Gasteiger partial charge in [0.2, 0.25) is 0 Å². The number of hydrogen-bond acceptors (Lipinski definition) is 4. The molecule has 0 aromatic carbocycles. The molecule has 0 aromatic heterocycles. The van der Waals surface area contributed by atoms with Crippen molar-refractivity contribution in [2.75, 3.05) is 19.3 Å². The third kappa shape index (κ3) is 2.09. The van der Waals surface area contributed by atoms with Crippen molar-refractivity contribution in [1.29, 1.82) is 4.78 Å². The molecule has 3 unspecified atom stereocenters. The first-order valence-electron chi connectivity index (χ1n) is 4.37. The fraction of sp³-hybridized carbons (Fsp3) is 1.00. The van der Waals surface area contributed by atoms with E-state index in [0.717, 1.165) is 0 Å². The molecule has 1 heterocycles. The van der Waals surface area contributed by atoms with Crippen molar-refractivity contribution in [3.8, 4) is 0 Å². The Morgan fingerprint density at radius 2 is 1.64 bits per heavy atom. The second-order valence-corrected chi connectivity index (χ2v) is 8.77. The van der Waals surface area contributed by atoms with Gasteiger partial charge in [-0.25, -0.2) is 21.7 Å². The van der Waals surface area contributed by atoms with E-state index in [0.29, 0.717) is 0 Å². The summed E-state index contributed by atoms with van der Waals surface area (Å²) in [4.78, 5) is 0. The number of nitrogens with one attached hydrogen (secondary N) is 1. The lowest BCUT2D eigenvalue weighted by Gasteiger charge is -2.34. The van der Waals surface area contributed by atoms with Crippen LogP contribution in [-0.2, 0) is 19.8 Å². The van der Waals surface area contributed by atoms with E-state index in [-0.39, 0.29) is 13.1 Å². The summed E-state index contributed by atoms with van der Waals surface area (Å²) in [5, 5.41) is -1.06. The molecule has 0 aliphatic carbocycles. The maximum Gasteiger partial charge on any atom is 0.158 e. The van der Waals surface area contributed by atoms with Gasteiger partial charge in [-0.3, -0.25) is 0 Å². The van der Waals surface area contributed by atoms with Gasteiger partial charge >= 0.3 is 0 Å². The zero-order chi connectivity index (χ0) is 11.1. The molecule has 14 heavy (non-hydrogen) atoms. The highest BCUT2D eigenvalue weighted by Gasteiger charge is 2.37. The average molecular weight is 240 g/mol. The van der Waals surface area contributed by atoms with Crippen LogP contribution in [0.2, 0.25) is 0 Å². The number of nitrogens with zero attached hydrogens (tertiary/aromatic N) is 1. The topological polar surface area (TPSA) is 78.3 Å². The van der Waals surface area contributed by atoms with E-state index in [1.54, 1.807) is 13.8 Å². The Bertz CT molecular complexity index is 394. The average Bonchev–Trinajstić information content (AvgIpc) is 1.98. The Hall–Kier alpha value is -0.140. The zero-order valence-electron chi connectivity index (χ0n) is 8.56. The van der Waals surface area contributed by atoms with E-state index >= 15 is 0 Å². The largest absolute Gasteiger partial charge is 0.240 e. The van der Waals surface area contributed by atoms with Gasteiger partial charge in [-0.2, -0.15) is 0 Å². The molecule has 5 nitrogen and oxygen atoms in total. The normalized spacial score (nSPS) is 37.6. The molecule has 1 saturated heterocycles. The Kier molecular flexibility index (Phi) is 2.95. The quantitative estimate of drug-likeness (QED) is 0.705.